The van der Waals surface area contributed by atoms with Crippen molar-refractivity contribution in [3.05, 3.63) is 19.6 Å². The van der Waals surface area contributed by atoms with E-state index >= 15 is 0 Å². The van der Waals surface area contributed by atoms with Gasteiger partial charge in [-0.2, -0.15) is 6.42 Å². The van der Waals surface area contributed by atoms with Gasteiger partial charge in [0.05, 0.1) is 0 Å². The molecule has 0 amide bonds. The first-order chi connectivity index (χ1) is 4.91. The van der Waals surface area contributed by atoms with E-state index in [1.54, 1.807) is 0 Å². The van der Waals surface area contributed by atoms with Gasteiger partial charge in [0.2, 0.25) is 0 Å². The van der Waals surface area contributed by atoms with Gasteiger partial charge in [-0.3, -0.25) is 0 Å². The van der Waals surface area contributed by atoms with E-state index in [0.717, 1.165) is 6.42 Å². The van der Waals surface area contributed by atoms with Crippen molar-refractivity contribution in [1.82, 2.24) is 0 Å². The Morgan fingerprint density at radius 2 is 1.90 bits per heavy atom. The summed E-state index contributed by atoms with van der Waals surface area (Å²) in [5.41, 5.74) is 0. The topological polar surface area (TPSA) is 0 Å². The normalized spacial score (nSPS) is 8.00. The van der Waals surface area contributed by atoms with E-state index in [1.165, 1.54) is 42.0 Å². The third-order valence-electron chi connectivity index (χ3n) is 1.16. The average Bonchev–Trinajstić information content (AvgIpc) is 2.02. The molecule has 0 bridgehead atoms. The molecule has 0 radical (unpaired) electrons. The van der Waals surface area contributed by atoms with Crippen molar-refractivity contribution in [2.45, 2.75) is 32.1 Å². The molecule has 56 valence electrons. The number of hydrogen-bond donors (Lipinski definition) is 0. The van der Waals surface area contributed by atoms with E-state index < -0.39 is 0 Å². The molecule has 0 nitrogen and oxygen atoms in total. The third kappa shape index (κ3) is 15.9. The van der Waals surface area contributed by atoms with Crippen LogP contribution in [0.3, 0.4) is 0 Å². The second-order valence-electron chi connectivity index (χ2n) is 1.99. The van der Waals surface area contributed by atoms with Crippen molar-refractivity contribution in [3.8, 4) is 0 Å². The fourth-order valence-electron chi connectivity index (χ4n) is 0.642. The minimum atomic E-state index is 1.08. The van der Waals surface area contributed by atoms with Gasteiger partial charge >= 0.3 is 30.0 Å². The van der Waals surface area contributed by atoms with Crippen LogP contribution in [0.15, 0.2) is 12.7 Å². The molecule has 0 saturated heterocycles. The molecule has 0 aromatic carbocycles. The van der Waals surface area contributed by atoms with Crippen LogP contribution in [0.25, 0.3) is 0 Å². The van der Waals surface area contributed by atoms with E-state index in [2.05, 4.69) is 27.1 Å². The predicted octanol–water partition coefficient (Wildman–Crippen LogP) is 3.80. The molecular formula is C8H15BrZn. The number of rotatable bonds is 5. The molecule has 0 aromatic heterocycles. The zero-order chi connectivity index (χ0) is 8.24. The molecule has 0 unspecified atom stereocenters. The summed E-state index contributed by atoms with van der Waals surface area (Å²) in [5, 5.41) is 0. The Balaban J connectivity index is 0. The van der Waals surface area contributed by atoms with Gasteiger partial charge in [0.25, 0.3) is 0 Å². The molecule has 0 saturated carbocycles. The molecular weight excluding hydrogens is 241 g/mol. The maximum atomic E-state index is 3.76. The molecule has 0 aliphatic heterocycles. The van der Waals surface area contributed by atoms with Crippen molar-refractivity contribution < 1.29 is 16.3 Å². The van der Waals surface area contributed by atoms with Crippen LogP contribution in [0.4, 0.5) is 0 Å². The molecule has 0 rings (SSSR count). The van der Waals surface area contributed by atoms with Crippen molar-refractivity contribution in [1.29, 1.82) is 0 Å². The standard InChI is InChI=1S/C8H15.BrH.Zn/c1-3-5-7-8-6-4-2;;/h3H,1-2,4-8H2;1H;/q-1;;+2/p-1. The fourth-order valence-corrected chi connectivity index (χ4v) is 0.642. The SMILES string of the molecule is C=CCCCCC[CH2-].[Zn+][Br]. The van der Waals surface area contributed by atoms with Crippen LogP contribution in [0, 0.1) is 6.92 Å². The summed E-state index contributed by atoms with van der Waals surface area (Å²) in [6.45, 7) is 7.40. The summed E-state index contributed by atoms with van der Waals surface area (Å²) in [4.78, 5) is 0. The summed E-state index contributed by atoms with van der Waals surface area (Å²) in [5.74, 6) is 0. The van der Waals surface area contributed by atoms with Crippen LogP contribution >= 0.6 is 13.6 Å². The number of halogens is 1. The molecule has 2 heteroatoms. The van der Waals surface area contributed by atoms with Crippen LogP contribution in [0.2, 0.25) is 0 Å². The summed E-state index contributed by atoms with van der Waals surface area (Å²) < 4.78 is 0. The summed E-state index contributed by atoms with van der Waals surface area (Å²) in [6, 6.07) is 0. The second-order valence-corrected chi connectivity index (χ2v) is 1.99. The van der Waals surface area contributed by atoms with Crippen molar-refractivity contribution in [3.63, 3.8) is 0 Å². The Labute approximate surface area is 81.5 Å². The molecule has 0 spiro atoms. The Bertz CT molecular complexity index is 55.2. The van der Waals surface area contributed by atoms with Crippen molar-refractivity contribution >= 4 is 13.6 Å². The van der Waals surface area contributed by atoms with Gasteiger partial charge in [-0.25, -0.2) is 0 Å². The monoisotopic (exact) mass is 254 g/mol. The van der Waals surface area contributed by atoms with Crippen LogP contribution in [0.5, 0.6) is 0 Å². The predicted molar refractivity (Wildman–Crippen MR) is 47.6 cm³/mol. The first-order valence-electron chi connectivity index (χ1n) is 3.58. The summed E-state index contributed by atoms with van der Waals surface area (Å²) in [6.07, 6.45) is 8.10. The number of hydrogen-bond acceptors (Lipinski definition) is 0. The molecule has 0 fully saturated rings. The first kappa shape index (κ1) is 13.4. The van der Waals surface area contributed by atoms with Gasteiger partial charge < -0.3 is 6.92 Å². The fraction of sp³-hybridized carbons (Fsp3) is 0.625. The van der Waals surface area contributed by atoms with E-state index in [-0.39, 0.29) is 0 Å². The van der Waals surface area contributed by atoms with Gasteiger partial charge in [0, 0.05) is 0 Å². The maximum absolute atomic E-state index is 3.76. The second kappa shape index (κ2) is 16.4. The summed E-state index contributed by atoms with van der Waals surface area (Å²) in [7, 11) is 0. The Morgan fingerprint density at radius 3 is 2.30 bits per heavy atom. The number of unbranched alkanes of at least 4 members (excludes halogenated alkanes) is 4. The van der Waals surface area contributed by atoms with E-state index in [9.17, 15) is 0 Å². The third-order valence-corrected chi connectivity index (χ3v) is 1.16. The zero-order valence-electron chi connectivity index (χ0n) is 6.61. The molecule has 0 aliphatic rings. The number of allylic oxidation sites excluding steroid dienone is 1. The molecule has 0 aromatic rings. The molecule has 10 heavy (non-hydrogen) atoms. The van der Waals surface area contributed by atoms with E-state index in [1.807, 2.05) is 6.08 Å². The van der Waals surface area contributed by atoms with Gasteiger partial charge in [-0.15, -0.1) is 6.58 Å². The Kier molecular flexibility index (Phi) is 22.1. The van der Waals surface area contributed by atoms with E-state index in [0.29, 0.717) is 0 Å². The molecule has 0 atom stereocenters. The zero-order valence-corrected chi connectivity index (χ0v) is 11.2. The van der Waals surface area contributed by atoms with Crippen LogP contribution in [-0.2, 0) is 16.3 Å². The van der Waals surface area contributed by atoms with Crippen LogP contribution in [-0.4, -0.2) is 0 Å². The van der Waals surface area contributed by atoms with Gasteiger partial charge in [-0.1, -0.05) is 18.9 Å². The average molecular weight is 257 g/mol. The molecule has 0 N–H and O–H groups in total. The van der Waals surface area contributed by atoms with Crippen molar-refractivity contribution in [2.24, 2.45) is 0 Å². The Morgan fingerprint density at radius 1 is 1.30 bits per heavy atom. The minimum absolute atomic E-state index is 1.08. The van der Waals surface area contributed by atoms with Crippen LogP contribution < -0.4 is 0 Å². The van der Waals surface area contributed by atoms with Gasteiger partial charge in [0.1, 0.15) is 0 Å². The quantitative estimate of drug-likeness (QED) is 0.304. The van der Waals surface area contributed by atoms with Crippen LogP contribution in [0.1, 0.15) is 32.1 Å². The van der Waals surface area contributed by atoms with Crippen molar-refractivity contribution in [2.75, 3.05) is 0 Å². The van der Waals surface area contributed by atoms with Gasteiger partial charge in [-0.05, 0) is 12.8 Å². The van der Waals surface area contributed by atoms with Gasteiger partial charge in [0.15, 0.2) is 0 Å². The molecule has 0 aliphatic carbocycles. The summed E-state index contributed by atoms with van der Waals surface area (Å²) >= 11 is 4.25. The first-order valence-corrected chi connectivity index (χ1v) is 10.5. The molecule has 0 heterocycles. The van der Waals surface area contributed by atoms with E-state index in [4.69, 9.17) is 0 Å². The Hall–Kier alpha value is 0.843.